The maximum atomic E-state index is 13.5. The van der Waals surface area contributed by atoms with Crippen molar-refractivity contribution in [3.05, 3.63) is 94.9 Å². The van der Waals surface area contributed by atoms with Crippen molar-refractivity contribution >= 4 is 38.8 Å². The second kappa shape index (κ2) is 9.83. The Morgan fingerprint density at radius 2 is 1.66 bits per heavy atom. The second-order valence-electron chi connectivity index (χ2n) is 8.64. The van der Waals surface area contributed by atoms with Crippen LogP contribution in [0.25, 0.3) is 32.6 Å². The first kappa shape index (κ1) is 25.3. The number of carbonyl (C=O) groups excluding carboxylic acids is 1. The smallest absolute Gasteiger partial charge is 0.418 e. The van der Waals surface area contributed by atoms with Crippen LogP contribution in [0.1, 0.15) is 20.8 Å². The molecule has 0 unspecified atom stereocenters. The highest BCUT2D eigenvalue weighted by atomic mass is 32.1. The number of fused-ring (bicyclic) bond motifs is 1. The molecule has 0 spiro atoms. The SMILES string of the molecule is COc1ccccc1-c1cc(-c2ccc(C)cc2)nc2sc(C(=O)Nc3ccccc3C(F)(F)F)c(N)c12. The third-order valence-electron chi connectivity index (χ3n) is 6.13. The lowest BCUT2D eigenvalue weighted by molar-refractivity contribution is -0.136. The summed E-state index contributed by atoms with van der Waals surface area (Å²) in [5.41, 5.74) is 9.42. The van der Waals surface area contributed by atoms with E-state index in [4.69, 9.17) is 15.5 Å². The van der Waals surface area contributed by atoms with Gasteiger partial charge >= 0.3 is 6.18 Å². The predicted molar refractivity (Wildman–Crippen MR) is 146 cm³/mol. The molecule has 9 heteroatoms. The number of anilines is 2. The molecule has 0 aliphatic rings. The third kappa shape index (κ3) is 4.68. The van der Waals surface area contributed by atoms with Crippen molar-refractivity contribution in [3.8, 4) is 28.1 Å². The van der Waals surface area contributed by atoms with Crippen LogP contribution < -0.4 is 15.8 Å². The Balaban J connectivity index is 1.69. The van der Waals surface area contributed by atoms with E-state index < -0.39 is 17.6 Å². The van der Waals surface area contributed by atoms with Crippen LogP contribution in [-0.2, 0) is 6.18 Å². The van der Waals surface area contributed by atoms with Gasteiger partial charge in [0, 0.05) is 16.5 Å². The highest BCUT2D eigenvalue weighted by molar-refractivity contribution is 7.21. The molecule has 1 amide bonds. The van der Waals surface area contributed by atoms with Gasteiger partial charge < -0.3 is 15.8 Å². The molecule has 5 nitrogen and oxygen atoms in total. The highest BCUT2D eigenvalue weighted by Gasteiger charge is 2.34. The number of nitrogens with one attached hydrogen (secondary N) is 1. The van der Waals surface area contributed by atoms with Gasteiger partial charge in [0.1, 0.15) is 15.5 Å². The molecule has 0 saturated heterocycles. The van der Waals surface area contributed by atoms with Gasteiger partial charge in [-0.3, -0.25) is 4.79 Å². The summed E-state index contributed by atoms with van der Waals surface area (Å²) in [4.78, 5) is 18.6. The number of carbonyl (C=O) groups is 1. The van der Waals surface area contributed by atoms with Crippen molar-refractivity contribution in [3.63, 3.8) is 0 Å². The number of nitrogens with two attached hydrogens (primary N) is 1. The fourth-order valence-electron chi connectivity index (χ4n) is 4.26. The minimum absolute atomic E-state index is 0.0710. The first-order valence-corrected chi connectivity index (χ1v) is 12.4. The average molecular weight is 534 g/mol. The number of pyridine rings is 1. The zero-order valence-electron chi connectivity index (χ0n) is 20.4. The fourth-order valence-corrected chi connectivity index (χ4v) is 5.27. The minimum Gasteiger partial charge on any atom is -0.496 e. The molecule has 38 heavy (non-hydrogen) atoms. The topological polar surface area (TPSA) is 77.2 Å². The molecule has 0 bridgehead atoms. The number of halogens is 3. The molecular weight excluding hydrogens is 511 g/mol. The third-order valence-corrected chi connectivity index (χ3v) is 7.23. The first-order chi connectivity index (χ1) is 18.2. The molecule has 0 aliphatic heterocycles. The lowest BCUT2D eigenvalue weighted by Gasteiger charge is -2.13. The van der Waals surface area contributed by atoms with Gasteiger partial charge in [0.15, 0.2) is 0 Å². The van der Waals surface area contributed by atoms with Crippen LogP contribution in [0.4, 0.5) is 24.5 Å². The quantitative estimate of drug-likeness (QED) is 0.242. The van der Waals surface area contributed by atoms with E-state index in [0.29, 0.717) is 27.2 Å². The lowest BCUT2D eigenvalue weighted by atomic mass is 9.98. The number of hydrogen-bond acceptors (Lipinski definition) is 5. The summed E-state index contributed by atoms with van der Waals surface area (Å²) in [6.07, 6.45) is -4.63. The number of para-hydroxylation sites is 2. The molecular formula is C29H22F3N3O2S. The Bertz CT molecular complexity index is 1660. The molecule has 2 heterocycles. The minimum atomic E-state index is -4.63. The number of hydrogen-bond donors (Lipinski definition) is 2. The number of aryl methyl sites for hydroxylation is 1. The monoisotopic (exact) mass is 533 g/mol. The molecule has 3 aromatic carbocycles. The standard InChI is InChI=1S/C29H22F3N3O2S/c1-16-11-13-17(14-12-16)22-15-19(18-7-3-6-10-23(18)37-2)24-25(33)26(38-28(24)35-22)27(36)34-21-9-5-4-8-20(21)29(30,31)32/h3-15H,33H2,1-2H3,(H,34,36). The maximum absolute atomic E-state index is 13.5. The van der Waals surface area contributed by atoms with Crippen LogP contribution in [0.2, 0.25) is 0 Å². The van der Waals surface area contributed by atoms with Crippen LogP contribution >= 0.6 is 11.3 Å². The number of amides is 1. The van der Waals surface area contributed by atoms with Gasteiger partial charge in [-0.25, -0.2) is 4.98 Å². The summed E-state index contributed by atoms with van der Waals surface area (Å²) in [5.74, 6) is -0.143. The molecule has 2 aromatic heterocycles. The largest absolute Gasteiger partial charge is 0.496 e. The highest BCUT2D eigenvalue weighted by Crippen LogP contribution is 2.44. The van der Waals surface area contributed by atoms with Gasteiger partial charge in [0.05, 0.1) is 29.7 Å². The number of benzene rings is 3. The van der Waals surface area contributed by atoms with Crippen molar-refractivity contribution in [2.45, 2.75) is 13.1 Å². The van der Waals surface area contributed by atoms with Crippen molar-refractivity contribution in [2.24, 2.45) is 0 Å². The molecule has 3 N–H and O–H groups in total. The van der Waals surface area contributed by atoms with Crippen molar-refractivity contribution in [2.75, 3.05) is 18.2 Å². The van der Waals surface area contributed by atoms with Crippen molar-refractivity contribution in [1.82, 2.24) is 4.98 Å². The van der Waals surface area contributed by atoms with Crippen LogP contribution in [0.15, 0.2) is 78.9 Å². The molecule has 192 valence electrons. The van der Waals surface area contributed by atoms with Gasteiger partial charge in [-0.05, 0) is 36.8 Å². The summed E-state index contributed by atoms with van der Waals surface area (Å²) < 4.78 is 46.1. The number of rotatable bonds is 5. The van der Waals surface area contributed by atoms with E-state index in [1.54, 1.807) is 7.11 Å². The Hall–Kier alpha value is -4.37. The fraction of sp³-hybridized carbons (Fsp3) is 0.103. The Labute approximate surface area is 220 Å². The lowest BCUT2D eigenvalue weighted by Crippen LogP contribution is -2.16. The zero-order valence-corrected chi connectivity index (χ0v) is 21.2. The molecule has 0 atom stereocenters. The summed E-state index contributed by atoms with van der Waals surface area (Å²) in [6, 6.07) is 22.0. The number of nitrogen functional groups attached to an aromatic ring is 1. The molecule has 0 radical (unpaired) electrons. The van der Waals surface area contributed by atoms with E-state index in [1.807, 2.05) is 61.5 Å². The first-order valence-electron chi connectivity index (χ1n) is 11.6. The Morgan fingerprint density at radius 3 is 2.37 bits per heavy atom. The number of nitrogens with zero attached hydrogens (tertiary/aromatic N) is 1. The van der Waals surface area contributed by atoms with Gasteiger partial charge in [-0.1, -0.05) is 60.2 Å². The van der Waals surface area contributed by atoms with E-state index in [0.717, 1.165) is 34.1 Å². The summed E-state index contributed by atoms with van der Waals surface area (Å²) >= 11 is 1.03. The number of alkyl halides is 3. The van der Waals surface area contributed by atoms with E-state index >= 15 is 0 Å². The normalized spacial score (nSPS) is 11.5. The average Bonchev–Trinajstić information content (AvgIpc) is 3.24. The number of aromatic nitrogens is 1. The summed E-state index contributed by atoms with van der Waals surface area (Å²) in [7, 11) is 1.56. The van der Waals surface area contributed by atoms with Crippen molar-refractivity contribution in [1.29, 1.82) is 0 Å². The molecule has 0 saturated carbocycles. The molecule has 5 aromatic rings. The Morgan fingerprint density at radius 1 is 0.974 bits per heavy atom. The van der Waals surface area contributed by atoms with E-state index in [9.17, 15) is 18.0 Å². The van der Waals surface area contributed by atoms with Crippen molar-refractivity contribution < 1.29 is 22.7 Å². The summed E-state index contributed by atoms with van der Waals surface area (Å²) in [6.45, 7) is 1.99. The molecule has 0 fully saturated rings. The van der Waals surface area contributed by atoms with Gasteiger partial charge in [0.2, 0.25) is 0 Å². The number of methoxy groups -OCH3 is 1. The zero-order chi connectivity index (χ0) is 27.0. The van der Waals surface area contributed by atoms with E-state index in [1.165, 1.54) is 18.2 Å². The van der Waals surface area contributed by atoms with Gasteiger partial charge in [0.25, 0.3) is 5.91 Å². The van der Waals surface area contributed by atoms with Crippen LogP contribution in [0.3, 0.4) is 0 Å². The van der Waals surface area contributed by atoms with Crippen LogP contribution in [-0.4, -0.2) is 18.0 Å². The Kier molecular flexibility index (Phi) is 6.54. The van der Waals surface area contributed by atoms with E-state index in [2.05, 4.69) is 5.32 Å². The van der Waals surface area contributed by atoms with Crippen LogP contribution in [0, 0.1) is 6.92 Å². The summed E-state index contributed by atoms with van der Waals surface area (Å²) in [5, 5.41) is 2.92. The second-order valence-corrected chi connectivity index (χ2v) is 9.64. The predicted octanol–water partition coefficient (Wildman–Crippen LogP) is 7.80. The van der Waals surface area contributed by atoms with Gasteiger partial charge in [-0.2, -0.15) is 13.2 Å². The van der Waals surface area contributed by atoms with E-state index in [-0.39, 0.29) is 16.3 Å². The molecule has 5 rings (SSSR count). The number of ether oxygens (including phenoxy) is 1. The van der Waals surface area contributed by atoms with Gasteiger partial charge in [-0.15, -0.1) is 11.3 Å². The maximum Gasteiger partial charge on any atom is 0.418 e. The number of thiophene rings is 1. The molecule has 0 aliphatic carbocycles. The van der Waals surface area contributed by atoms with Crippen LogP contribution in [0.5, 0.6) is 5.75 Å².